The predicted molar refractivity (Wildman–Crippen MR) is 117 cm³/mol. The van der Waals surface area contributed by atoms with Crippen LogP contribution in [-0.2, 0) is 11.3 Å². The molecule has 158 valence electrons. The average molecular weight is 416 g/mol. The van der Waals surface area contributed by atoms with Gasteiger partial charge in [-0.3, -0.25) is 14.9 Å². The van der Waals surface area contributed by atoms with E-state index in [1.165, 1.54) is 22.2 Å². The Balaban J connectivity index is 1.32. The van der Waals surface area contributed by atoms with E-state index in [9.17, 15) is 4.79 Å². The van der Waals surface area contributed by atoms with Crippen LogP contribution < -0.4 is 0 Å². The van der Waals surface area contributed by atoms with Gasteiger partial charge < -0.3 is 9.47 Å². The summed E-state index contributed by atoms with van der Waals surface area (Å²) in [7, 11) is 0. The first-order valence-electron chi connectivity index (χ1n) is 10.7. The van der Waals surface area contributed by atoms with E-state index in [1.54, 1.807) is 18.6 Å². The number of aromatic nitrogens is 6. The first kappa shape index (κ1) is 19.4. The number of amides is 1. The zero-order valence-corrected chi connectivity index (χ0v) is 17.7. The quantitative estimate of drug-likeness (QED) is 0.538. The van der Waals surface area contributed by atoms with Crippen LogP contribution in [0, 0.1) is 13.8 Å². The third-order valence-corrected chi connectivity index (χ3v) is 6.28. The van der Waals surface area contributed by atoms with Crippen LogP contribution in [0.5, 0.6) is 0 Å². The summed E-state index contributed by atoms with van der Waals surface area (Å²) in [4.78, 5) is 28.0. The minimum atomic E-state index is -0.0744. The van der Waals surface area contributed by atoms with E-state index in [4.69, 9.17) is 0 Å². The van der Waals surface area contributed by atoms with Gasteiger partial charge in [-0.2, -0.15) is 5.10 Å². The summed E-state index contributed by atoms with van der Waals surface area (Å²) in [5, 5.41) is 8.55. The molecule has 1 saturated heterocycles. The Morgan fingerprint density at radius 2 is 2.10 bits per heavy atom. The summed E-state index contributed by atoms with van der Waals surface area (Å²) in [6, 6.07) is 8.31. The fourth-order valence-corrected chi connectivity index (χ4v) is 4.55. The number of para-hydroxylation sites is 1. The molecule has 31 heavy (non-hydrogen) atoms. The van der Waals surface area contributed by atoms with Crippen molar-refractivity contribution >= 4 is 16.8 Å². The number of rotatable bonds is 5. The van der Waals surface area contributed by atoms with Crippen LogP contribution in [0.2, 0.25) is 0 Å². The predicted octanol–water partition coefficient (Wildman–Crippen LogP) is 3.59. The molecule has 4 aromatic rings. The molecule has 1 fully saturated rings. The van der Waals surface area contributed by atoms with Crippen LogP contribution in [0.4, 0.5) is 0 Å². The van der Waals surface area contributed by atoms with E-state index in [-0.39, 0.29) is 11.9 Å². The van der Waals surface area contributed by atoms with E-state index in [1.807, 2.05) is 4.90 Å². The molecule has 8 heteroatoms. The molecule has 8 nitrogen and oxygen atoms in total. The maximum Gasteiger partial charge on any atom is 0.224 e. The number of benzene rings is 1. The number of fused-ring (bicyclic) bond motifs is 1. The Hall–Kier alpha value is -3.55. The second-order valence-corrected chi connectivity index (χ2v) is 8.01. The third kappa shape index (κ3) is 3.48. The lowest BCUT2D eigenvalue weighted by Gasteiger charge is -2.23. The number of carbonyl (C=O) groups is 1. The maximum atomic E-state index is 13.2. The van der Waals surface area contributed by atoms with Crippen molar-refractivity contribution in [3.63, 3.8) is 0 Å². The van der Waals surface area contributed by atoms with Crippen molar-refractivity contribution in [3.05, 3.63) is 59.9 Å². The molecule has 1 unspecified atom stereocenters. The molecule has 1 amide bonds. The highest BCUT2D eigenvalue weighted by atomic mass is 16.2. The van der Waals surface area contributed by atoms with Gasteiger partial charge in [0.05, 0.1) is 12.2 Å². The highest BCUT2D eigenvalue weighted by Gasteiger charge is 2.32. The smallest absolute Gasteiger partial charge is 0.224 e. The van der Waals surface area contributed by atoms with Crippen LogP contribution in [0.3, 0.4) is 0 Å². The van der Waals surface area contributed by atoms with Crippen LogP contribution >= 0.6 is 0 Å². The van der Waals surface area contributed by atoms with Crippen LogP contribution in [0.25, 0.3) is 22.4 Å². The minimum Gasteiger partial charge on any atom is -0.344 e. The van der Waals surface area contributed by atoms with Crippen molar-refractivity contribution in [2.24, 2.45) is 0 Å². The van der Waals surface area contributed by atoms with Crippen molar-refractivity contribution in [1.82, 2.24) is 34.6 Å². The second-order valence-electron chi connectivity index (χ2n) is 8.01. The molecule has 5 rings (SSSR count). The fourth-order valence-electron chi connectivity index (χ4n) is 4.55. The normalized spacial score (nSPS) is 16.3. The number of aryl methyl sites for hydroxylation is 2. The molecule has 0 saturated carbocycles. The molecule has 1 aromatic carbocycles. The highest BCUT2D eigenvalue weighted by Crippen LogP contribution is 2.31. The SMILES string of the molecule is Cc1c(C)n(CCC(=O)N2CCCC2c2nc(-c3cnccn3)n[nH]2)c2ccccc12. The molecule has 1 aliphatic heterocycles. The van der Waals surface area contributed by atoms with Gasteiger partial charge in [-0.1, -0.05) is 18.2 Å². The van der Waals surface area contributed by atoms with Gasteiger partial charge in [0.15, 0.2) is 0 Å². The molecule has 1 atom stereocenters. The molecular formula is C23H25N7O. The highest BCUT2D eigenvalue weighted by molar-refractivity contribution is 5.85. The van der Waals surface area contributed by atoms with Crippen molar-refractivity contribution < 1.29 is 4.79 Å². The van der Waals surface area contributed by atoms with Gasteiger partial charge in [0.1, 0.15) is 11.5 Å². The van der Waals surface area contributed by atoms with Crippen molar-refractivity contribution in [3.8, 4) is 11.5 Å². The lowest BCUT2D eigenvalue weighted by molar-refractivity contribution is -0.132. The molecule has 1 aliphatic rings. The fraction of sp³-hybridized carbons (Fsp3) is 0.348. The number of nitrogens with one attached hydrogen (secondary N) is 1. The number of hydrogen-bond acceptors (Lipinski definition) is 5. The molecule has 0 bridgehead atoms. The lowest BCUT2D eigenvalue weighted by atomic mass is 10.2. The Morgan fingerprint density at radius 3 is 2.94 bits per heavy atom. The van der Waals surface area contributed by atoms with Gasteiger partial charge in [0, 0.05) is 48.5 Å². The lowest BCUT2D eigenvalue weighted by Crippen LogP contribution is -2.31. The molecule has 0 radical (unpaired) electrons. The van der Waals surface area contributed by atoms with Gasteiger partial charge in [-0.05, 0) is 38.3 Å². The number of hydrogen-bond donors (Lipinski definition) is 1. The number of H-pyrrole nitrogens is 1. The third-order valence-electron chi connectivity index (χ3n) is 6.28. The van der Waals surface area contributed by atoms with Gasteiger partial charge >= 0.3 is 0 Å². The zero-order valence-electron chi connectivity index (χ0n) is 17.7. The summed E-state index contributed by atoms with van der Waals surface area (Å²) in [6.45, 7) is 5.69. The summed E-state index contributed by atoms with van der Waals surface area (Å²) >= 11 is 0. The van der Waals surface area contributed by atoms with E-state index < -0.39 is 0 Å². The number of carbonyl (C=O) groups excluding carboxylic acids is 1. The topological polar surface area (TPSA) is 92.6 Å². The molecule has 4 heterocycles. The van der Waals surface area contributed by atoms with E-state index >= 15 is 0 Å². The van der Waals surface area contributed by atoms with Gasteiger partial charge in [-0.25, -0.2) is 9.97 Å². The Bertz CT molecular complexity index is 1230. The second kappa shape index (κ2) is 7.94. The van der Waals surface area contributed by atoms with E-state index in [2.05, 4.69) is 67.8 Å². The largest absolute Gasteiger partial charge is 0.344 e. The molecule has 1 N–H and O–H groups in total. The molecule has 0 aliphatic carbocycles. The Kier molecular flexibility index (Phi) is 4.97. The summed E-state index contributed by atoms with van der Waals surface area (Å²) in [5.41, 5.74) is 4.30. The standard InChI is InChI=1S/C23H25N7O/c1-15-16(2)29(19-7-4-3-6-17(15)19)13-9-21(31)30-12-5-8-20(30)23-26-22(27-28-23)18-14-24-10-11-25-18/h3-4,6-7,10-11,14,20H,5,8-9,12-13H2,1-2H3,(H,26,27,28). The van der Waals surface area contributed by atoms with Gasteiger partial charge in [0.2, 0.25) is 11.7 Å². The van der Waals surface area contributed by atoms with Crippen molar-refractivity contribution in [2.75, 3.05) is 6.54 Å². The average Bonchev–Trinajstić information content (AvgIpc) is 3.53. The monoisotopic (exact) mass is 415 g/mol. The first-order chi connectivity index (χ1) is 15.1. The van der Waals surface area contributed by atoms with Crippen molar-refractivity contribution in [2.45, 2.75) is 45.7 Å². The number of nitrogens with zero attached hydrogens (tertiary/aromatic N) is 6. The van der Waals surface area contributed by atoms with E-state index in [0.29, 0.717) is 30.3 Å². The molecular weight excluding hydrogens is 390 g/mol. The first-order valence-corrected chi connectivity index (χ1v) is 10.7. The summed E-state index contributed by atoms with van der Waals surface area (Å²) < 4.78 is 2.26. The Labute approximate surface area is 180 Å². The molecule has 3 aromatic heterocycles. The van der Waals surface area contributed by atoms with Crippen LogP contribution in [0.15, 0.2) is 42.9 Å². The Morgan fingerprint density at radius 1 is 1.23 bits per heavy atom. The molecule has 0 spiro atoms. The minimum absolute atomic E-state index is 0.0744. The van der Waals surface area contributed by atoms with Crippen LogP contribution in [-0.4, -0.2) is 47.1 Å². The van der Waals surface area contributed by atoms with Gasteiger partial charge in [0.25, 0.3) is 0 Å². The summed E-state index contributed by atoms with van der Waals surface area (Å²) in [6.07, 6.45) is 7.17. The van der Waals surface area contributed by atoms with Gasteiger partial charge in [-0.15, -0.1) is 0 Å². The van der Waals surface area contributed by atoms with Crippen molar-refractivity contribution in [1.29, 1.82) is 0 Å². The van der Waals surface area contributed by atoms with E-state index in [0.717, 1.165) is 19.4 Å². The summed E-state index contributed by atoms with van der Waals surface area (Å²) in [5.74, 6) is 1.37. The number of likely N-dealkylation sites (tertiary alicyclic amines) is 1. The maximum absolute atomic E-state index is 13.2. The number of aromatic amines is 1. The zero-order chi connectivity index (χ0) is 21.4. The van der Waals surface area contributed by atoms with Crippen LogP contribution in [0.1, 0.15) is 42.4 Å².